The highest BCUT2D eigenvalue weighted by Crippen LogP contribution is 2.31. The van der Waals surface area contributed by atoms with Crippen LogP contribution < -0.4 is 4.90 Å². The van der Waals surface area contributed by atoms with Crippen LogP contribution in [0.1, 0.15) is 38.2 Å². The molecule has 0 atom stereocenters. The van der Waals surface area contributed by atoms with Crippen molar-refractivity contribution in [2.75, 3.05) is 18.5 Å². The second-order valence-corrected chi connectivity index (χ2v) is 5.07. The van der Waals surface area contributed by atoms with Crippen LogP contribution in [0.25, 0.3) is 0 Å². The van der Waals surface area contributed by atoms with Crippen LogP contribution in [0, 0.1) is 5.92 Å². The fraction of sp³-hybridized carbons (Fsp3) is 0.571. The number of anilines is 1. The smallest absolute Gasteiger partial charge is 0.0363 e. The Morgan fingerprint density at radius 1 is 1.20 bits per heavy atom. The van der Waals surface area contributed by atoms with Crippen LogP contribution in [0.15, 0.2) is 24.3 Å². The first-order valence-corrected chi connectivity index (χ1v) is 5.98. The van der Waals surface area contributed by atoms with Gasteiger partial charge in [-0.05, 0) is 42.4 Å². The predicted molar refractivity (Wildman–Crippen MR) is 66.5 cm³/mol. The molecule has 1 aromatic rings. The van der Waals surface area contributed by atoms with Gasteiger partial charge in [0.1, 0.15) is 0 Å². The van der Waals surface area contributed by atoms with Crippen molar-refractivity contribution in [2.45, 2.75) is 32.6 Å². The highest BCUT2D eigenvalue weighted by Gasteiger charge is 2.22. The van der Waals surface area contributed by atoms with Crippen molar-refractivity contribution >= 4 is 5.69 Å². The van der Waals surface area contributed by atoms with Gasteiger partial charge in [-0.3, -0.25) is 0 Å². The van der Waals surface area contributed by atoms with Crippen LogP contribution in [-0.2, 0) is 0 Å². The zero-order valence-corrected chi connectivity index (χ0v) is 10.0. The minimum Gasteiger partial charge on any atom is -0.374 e. The van der Waals surface area contributed by atoms with Gasteiger partial charge in [0.25, 0.3) is 0 Å². The van der Waals surface area contributed by atoms with Gasteiger partial charge in [0.15, 0.2) is 0 Å². The molecule has 1 fully saturated rings. The van der Waals surface area contributed by atoms with Crippen LogP contribution in [0.5, 0.6) is 0 Å². The Balaban J connectivity index is 2.01. The van der Waals surface area contributed by atoms with Gasteiger partial charge in [-0.1, -0.05) is 26.0 Å². The van der Waals surface area contributed by atoms with Crippen molar-refractivity contribution in [2.24, 2.45) is 5.92 Å². The molecule has 2 rings (SSSR count). The standard InChI is InChI=1S/C14H21N/c1-11(2)13-6-8-14(9-7-13)15(3)10-12-4-5-12/h6-9,11-12H,4-5,10H2,1-3H3. The van der Waals surface area contributed by atoms with Gasteiger partial charge in [-0.25, -0.2) is 0 Å². The summed E-state index contributed by atoms with van der Waals surface area (Å²) in [6, 6.07) is 9.00. The van der Waals surface area contributed by atoms with Crippen molar-refractivity contribution in [1.29, 1.82) is 0 Å². The molecule has 0 heterocycles. The summed E-state index contributed by atoms with van der Waals surface area (Å²) in [5.74, 6) is 1.59. The first kappa shape index (κ1) is 10.5. The molecule has 1 saturated carbocycles. The Labute approximate surface area is 93.1 Å². The Bertz CT molecular complexity index is 309. The molecule has 0 aliphatic heterocycles. The minimum atomic E-state index is 0.632. The molecule has 0 radical (unpaired) electrons. The molecule has 1 aliphatic rings. The van der Waals surface area contributed by atoms with Crippen LogP contribution >= 0.6 is 0 Å². The minimum absolute atomic E-state index is 0.632. The monoisotopic (exact) mass is 203 g/mol. The number of rotatable bonds is 4. The van der Waals surface area contributed by atoms with Crippen molar-refractivity contribution in [3.05, 3.63) is 29.8 Å². The van der Waals surface area contributed by atoms with Crippen molar-refractivity contribution in [3.63, 3.8) is 0 Å². The fourth-order valence-corrected chi connectivity index (χ4v) is 1.91. The van der Waals surface area contributed by atoms with E-state index in [9.17, 15) is 0 Å². The average molecular weight is 203 g/mol. The van der Waals surface area contributed by atoms with E-state index in [1.54, 1.807) is 0 Å². The number of nitrogens with zero attached hydrogens (tertiary/aromatic N) is 1. The molecule has 0 saturated heterocycles. The second kappa shape index (κ2) is 4.26. The van der Waals surface area contributed by atoms with Gasteiger partial charge in [0, 0.05) is 19.3 Å². The average Bonchev–Trinajstić information content (AvgIpc) is 3.02. The fourth-order valence-electron chi connectivity index (χ4n) is 1.91. The van der Waals surface area contributed by atoms with Crippen molar-refractivity contribution < 1.29 is 0 Å². The second-order valence-electron chi connectivity index (χ2n) is 5.07. The third-order valence-electron chi connectivity index (χ3n) is 3.23. The van der Waals surface area contributed by atoms with E-state index in [1.165, 1.54) is 30.6 Å². The zero-order valence-electron chi connectivity index (χ0n) is 10.0. The summed E-state index contributed by atoms with van der Waals surface area (Å²) in [6.45, 7) is 5.70. The largest absolute Gasteiger partial charge is 0.374 e. The molecular formula is C14H21N. The molecule has 0 N–H and O–H groups in total. The summed E-state index contributed by atoms with van der Waals surface area (Å²) in [6.07, 6.45) is 2.85. The highest BCUT2D eigenvalue weighted by molar-refractivity contribution is 5.47. The quantitative estimate of drug-likeness (QED) is 0.722. The molecule has 0 bridgehead atoms. The van der Waals surface area contributed by atoms with Gasteiger partial charge in [-0.2, -0.15) is 0 Å². The summed E-state index contributed by atoms with van der Waals surface area (Å²) >= 11 is 0. The maximum atomic E-state index is 2.38. The lowest BCUT2D eigenvalue weighted by molar-refractivity contribution is 0.786. The lowest BCUT2D eigenvalue weighted by atomic mass is 10.0. The van der Waals surface area contributed by atoms with E-state index in [2.05, 4.69) is 50.1 Å². The SMILES string of the molecule is CC(C)c1ccc(N(C)CC2CC2)cc1. The lowest BCUT2D eigenvalue weighted by Crippen LogP contribution is -2.19. The number of hydrogen-bond donors (Lipinski definition) is 0. The van der Waals surface area contributed by atoms with Crippen LogP contribution in [-0.4, -0.2) is 13.6 Å². The molecule has 15 heavy (non-hydrogen) atoms. The molecule has 1 heteroatoms. The highest BCUT2D eigenvalue weighted by atomic mass is 15.1. The molecular weight excluding hydrogens is 182 g/mol. The van der Waals surface area contributed by atoms with Gasteiger partial charge >= 0.3 is 0 Å². The van der Waals surface area contributed by atoms with E-state index in [-0.39, 0.29) is 0 Å². The van der Waals surface area contributed by atoms with Gasteiger partial charge in [0.2, 0.25) is 0 Å². The molecule has 0 unspecified atom stereocenters. The predicted octanol–water partition coefficient (Wildman–Crippen LogP) is 3.66. The van der Waals surface area contributed by atoms with E-state index >= 15 is 0 Å². The number of benzene rings is 1. The van der Waals surface area contributed by atoms with Gasteiger partial charge in [0.05, 0.1) is 0 Å². The summed E-state index contributed by atoms with van der Waals surface area (Å²) < 4.78 is 0. The van der Waals surface area contributed by atoms with E-state index < -0.39 is 0 Å². The number of hydrogen-bond acceptors (Lipinski definition) is 1. The maximum absolute atomic E-state index is 2.38. The lowest BCUT2D eigenvalue weighted by Gasteiger charge is -2.19. The maximum Gasteiger partial charge on any atom is 0.0363 e. The molecule has 1 aliphatic carbocycles. The Kier molecular flexibility index (Phi) is 2.99. The third kappa shape index (κ3) is 2.74. The molecule has 0 amide bonds. The van der Waals surface area contributed by atoms with E-state index in [1.807, 2.05) is 0 Å². The first-order valence-electron chi connectivity index (χ1n) is 5.98. The molecule has 0 aromatic heterocycles. The van der Waals surface area contributed by atoms with E-state index in [4.69, 9.17) is 0 Å². The summed E-state index contributed by atoms with van der Waals surface area (Å²) in [5, 5.41) is 0. The zero-order chi connectivity index (χ0) is 10.8. The van der Waals surface area contributed by atoms with E-state index in [0.717, 1.165) is 5.92 Å². The molecule has 1 aromatic carbocycles. The Morgan fingerprint density at radius 2 is 1.80 bits per heavy atom. The van der Waals surface area contributed by atoms with Gasteiger partial charge in [-0.15, -0.1) is 0 Å². The van der Waals surface area contributed by atoms with Gasteiger partial charge < -0.3 is 4.90 Å². The van der Waals surface area contributed by atoms with E-state index in [0.29, 0.717) is 5.92 Å². The molecule has 1 nitrogen and oxygen atoms in total. The molecule has 0 spiro atoms. The summed E-state index contributed by atoms with van der Waals surface area (Å²) in [5.41, 5.74) is 2.78. The van der Waals surface area contributed by atoms with Crippen molar-refractivity contribution in [1.82, 2.24) is 0 Å². The first-order chi connectivity index (χ1) is 7.16. The van der Waals surface area contributed by atoms with Crippen molar-refractivity contribution in [3.8, 4) is 0 Å². The molecule has 82 valence electrons. The Morgan fingerprint density at radius 3 is 2.27 bits per heavy atom. The van der Waals surface area contributed by atoms with Crippen LogP contribution in [0.3, 0.4) is 0 Å². The summed E-state index contributed by atoms with van der Waals surface area (Å²) in [7, 11) is 2.20. The normalized spacial score (nSPS) is 15.7. The van der Waals surface area contributed by atoms with Crippen LogP contribution in [0.4, 0.5) is 5.69 Å². The third-order valence-corrected chi connectivity index (χ3v) is 3.23. The Hall–Kier alpha value is -0.980. The topological polar surface area (TPSA) is 3.24 Å². The van der Waals surface area contributed by atoms with Crippen LogP contribution in [0.2, 0.25) is 0 Å². The summed E-state index contributed by atoms with van der Waals surface area (Å²) in [4.78, 5) is 2.38.